The Morgan fingerprint density at radius 2 is 2.09 bits per heavy atom. The molecule has 3 heterocycles. The van der Waals surface area contributed by atoms with Crippen LogP contribution in [0.3, 0.4) is 0 Å². The van der Waals surface area contributed by atoms with E-state index in [2.05, 4.69) is 4.98 Å². The minimum Gasteiger partial charge on any atom is -0.480 e. The van der Waals surface area contributed by atoms with Crippen molar-refractivity contribution in [2.75, 3.05) is 17.2 Å². The fourth-order valence-corrected chi connectivity index (χ4v) is 5.99. The van der Waals surface area contributed by atoms with Crippen molar-refractivity contribution in [1.82, 2.24) is 4.98 Å². The molecule has 0 aliphatic carbocycles. The number of ether oxygens (including phenoxy) is 1. The Hall–Kier alpha value is -3.26. The van der Waals surface area contributed by atoms with Gasteiger partial charge in [0.25, 0.3) is 5.91 Å². The van der Waals surface area contributed by atoms with Crippen molar-refractivity contribution in [1.29, 1.82) is 4.78 Å². The first kappa shape index (κ1) is 21.6. The molecule has 1 amide bonds. The number of hydrogen-bond donors (Lipinski definition) is 1. The molecule has 170 valence electrons. The fraction of sp³-hybridized carbons (Fsp3) is 0.280. The van der Waals surface area contributed by atoms with Crippen molar-refractivity contribution < 1.29 is 18.1 Å². The Kier molecular flexibility index (Phi) is 5.40. The molecular weight excluding hydrogens is 441 g/mol. The molecule has 3 aromatic rings. The maximum Gasteiger partial charge on any atom is 0.268 e. The van der Waals surface area contributed by atoms with Crippen LogP contribution in [0.1, 0.15) is 24.5 Å². The molecule has 5 rings (SSSR count). The summed E-state index contributed by atoms with van der Waals surface area (Å²) in [7, 11) is -3.26. The van der Waals surface area contributed by atoms with Crippen LogP contribution >= 0.6 is 0 Å². The lowest BCUT2D eigenvalue weighted by atomic mass is 10.0. The lowest BCUT2D eigenvalue weighted by Gasteiger charge is -2.22. The molecule has 2 aliphatic rings. The van der Waals surface area contributed by atoms with Gasteiger partial charge in [-0.15, -0.1) is 0 Å². The predicted octanol–water partition coefficient (Wildman–Crippen LogP) is 4.60. The normalized spacial score (nSPS) is 18.4. The number of carbonyl (C=O) groups is 1. The molecule has 33 heavy (non-hydrogen) atoms. The van der Waals surface area contributed by atoms with Gasteiger partial charge in [-0.1, -0.05) is 13.0 Å². The van der Waals surface area contributed by atoms with Gasteiger partial charge >= 0.3 is 0 Å². The Morgan fingerprint density at radius 1 is 1.24 bits per heavy atom. The number of nitrogens with zero attached hydrogens (tertiary/aromatic N) is 2. The maximum atomic E-state index is 14.6. The SMILES string of the molecule is CCCS(=N)(=O)c1cc2c(cc1F)CCN2C(=O)[C@H]1Cc2cc(-c3ccccn3)ccc2O1. The number of anilines is 1. The number of pyridine rings is 1. The van der Waals surface area contributed by atoms with Gasteiger partial charge in [0.1, 0.15) is 11.6 Å². The van der Waals surface area contributed by atoms with Crippen LogP contribution in [0.5, 0.6) is 5.75 Å². The van der Waals surface area contributed by atoms with E-state index in [-0.39, 0.29) is 16.6 Å². The van der Waals surface area contributed by atoms with Gasteiger partial charge in [0, 0.05) is 36.2 Å². The summed E-state index contributed by atoms with van der Waals surface area (Å²) in [5.41, 5.74) is 3.96. The van der Waals surface area contributed by atoms with E-state index in [0.717, 1.165) is 16.8 Å². The van der Waals surface area contributed by atoms with Gasteiger partial charge in [0.2, 0.25) is 0 Å². The smallest absolute Gasteiger partial charge is 0.268 e. The van der Waals surface area contributed by atoms with Crippen LogP contribution in [0, 0.1) is 10.6 Å². The molecule has 1 unspecified atom stereocenters. The molecule has 1 N–H and O–H groups in total. The Morgan fingerprint density at radius 3 is 2.85 bits per heavy atom. The molecule has 1 aromatic heterocycles. The molecule has 2 aromatic carbocycles. The summed E-state index contributed by atoms with van der Waals surface area (Å²) in [6.07, 6.45) is 2.50. The summed E-state index contributed by atoms with van der Waals surface area (Å²) in [6.45, 7) is 2.21. The van der Waals surface area contributed by atoms with E-state index >= 15 is 0 Å². The zero-order valence-corrected chi connectivity index (χ0v) is 19.0. The lowest BCUT2D eigenvalue weighted by Crippen LogP contribution is -2.40. The van der Waals surface area contributed by atoms with Crippen LogP contribution in [-0.2, 0) is 27.4 Å². The zero-order valence-electron chi connectivity index (χ0n) is 18.2. The number of halogens is 1. The number of fused-ring (bicyclic) bond motifs is 2. The molecule has 2 aliphatic heterocycles. The van der Waals surface area contributed by atoms with Gasteiger partial charge in [0.05, 0.1) is 20.3 Å². The van der Waals surface area contributed by atoms with Crippen molar-refractivity contribution in [3.63, 3.8) is 0 Å². The van der Waals surface area contributed by atoms with Crippen LogP contribution < -0.4 is 9.64 Å². The summed E-state index contributed by atoms with van der Waals surface area (Å²) in [6, 6.07) is 14.3. The predicted molar refractivity (Wildman–Crippen MR) is 125 cm³/mol. The van der Waals surface area contributed by atoms with E-state index in [4.69, 9.17) is 9.52 Å². The first-order chi connectivity index (χ1) is 15.9. The summed E-state index contributed by atoms with van der Waals surface area (Å²) in [5, 5.41) is 0. The van der Waals surface area contributed by atoms with Crippen LogP contribution in [0.4, 0.5) is 10.1 Å². The number of benzene rings is 2. The first-order valence-electron chi connectivity index (χ1n) is 11.0. The molecule has 0 fully saturated rings. The molecule has 0 saturated heterocycles. The highest BCUT2D eigenvalue weighted by atomic mass is 32.2. The van der Waals surface area contributed by atoms with Gasteiger partial charge in [-0.25, -0.2) is 13.4 Å². The molecule has 0 bridgehead atoms. The van der Waals surface area contributed by atoms with Crippen LogP contribution in [0.2, 0.25) is 0 Å². The molecule has 2 atom stereocenters. The highest BCUT2D eigenvalue weighted by Gasteiger charge is 2.36. The largest absolute Gasteiger partial charge is 0.480 e. The van der Waals surface area contributed by atoms with Crippen molar-refractivity contribution in [2.45, 2.75) is 37.2 Å². The third-order valence-corrected chi connectivity index (χ3v) is 8.12. The van der Waals surface area contributed by atoms with E-state index in [1.165, 1.54) is 12.1 Å². The van der Waals surface area contributed by atoms with Gasteiger partial charge in [-0.2, -0.15) is 0 Å². The number of hydrogen-bond acceptors (Lipinski definition) is 5. The third-order valence-electron chi connectivity index (χ3n) is 6.11. The minimum atomic E-state index is -3.26. The van der Waals surface area contributed by atoms with Crippen LogP contribution in [-0.4, -0.2) is 33.5 Å². The van der Waals surface area contributed by atoms with Crippen LogP contribution in [0.15, 0.2) is 59.6 Å². The highest BCUT2D eigenvalue weighted by molar-refractivity contribution is 7.92. The summed E-state index contributed by atoms with van der Waals surface area (Å²) >= 11 is 0. The van der Waals surface area contributed by atoms with Gasteiger partial charge in [-0.05, 0) is 66.4 Å². The number of rotatable bonds is 5. The minimum absolute atomic E-state index is 0.0797. The van der Waals surface area contributed by atoms with Crippen molar-refractivity contribution >= 4 is 21.3 Å². The number of amides is 1. The highest BCUT2D eigenvalue weighted by Crippen LogP contribution is 2.37. The fourth-order valence-electron chi connectivity index (χ4n) is 4.52. The first-order valence-corrected chi connectivity index (χ1v) is 12.7. The molecule has 0 saturated carbocycles. The Bertz CT molecular complexity index is 1340. The topological polar surface area (TPSA) is 83.4 Å². The number of carbonyl (C=O) groups excluding carboxylic acids is 1. The summed E-state index contributed by atoms with van der Waals surface area (Å²) in [4.78, 5) is 19.2. The summed E-state index contributed by atoms with van der Waals surface area (Å²) < 4.78 is 41.5. The van der Waals surface area contributed by atoms with E-state index in [1.807, 2.05) is 43.3 Å². The molecule has 0 spiro atoms. The number of aromatic nitrogens is 1. The van der Waals surface area contributed by atoms with E-state index in [9.17, 15) is 13.4 Å². The van der Waals surface area contributed by atoms with Gasteiger partial charge in [-0.3, -0.25) is 9.78 Å². The molecule has 6 nitrogen and oxygen atoms in total. The second-order valence-corrected chi connectivity index (χ2v) is 10.6. The van der Waals surface area contributed by atoms with Crippen molar-refractivity contribution in [2.24, 2.45) is 0 Å². The second-order valence-electron chi connectivity index (χ2n) is 8.38. The average molecular weight is 466 g/mol. The molecule has 0 radical (unpaired) electrons. The van der Waals surface area contributed by atoms with Gasteiger partial charge < -0.3 is 9.64 Å². The molecular formula is C25H24FN3O3S. The number of nitrogens with one attached hydrogen (secondary N) is 1. The second kappa shape index (κ2) is 8.26. The van der Waals surface area contributed by atoms with E-state index in [1.54, 1.807) is 11.1 Å². The average Bonchev–Trinajstić information content (AvgIpc) is 3.42. The van der Waals surface area contributed by atoms with Crippen molar-refractivity contribution in [3.05, 3.63) is 71.7 Å². The maximum absolute atomic E-state index is 14.6. The Labute approximate surface area is 192 Å². The van der Waals surface area contributed by atoms with Crippen molar-refractivity contribution in [3.8, 4) is 17.0 Å². The third kappa shape index (κ3) is 3.88. The quantitative estimate of drug-likeness (QED) is 0.597. The monoisotopic (exact) mass is 465 g/mol. The summed E-state index contributed by atoms with van der Waals surface area (Å²) in [5.74, 6) is -0.0997. The van der Waals surface area contributed by atoms with Crippen LogP contribution in [0.25, 0.3) is 11.3 Å². The van der Waals surface area contributed by atoms with E-state index in [0.29, 0.717) is 42.8 Å². The van der Waals surface area contributed by atoms with E-state index < -0.39 is 21.7 Å². The lowest BCUT2D eigenvalue weighted by molar-refractivity contribution is -0.124. The zero-order chi connectivity index (χ0) is 23.2. The standard InChI is InChI=1S/C25H24FN3O3S/c1-2-11-33(27,31)24-15-21-17(13-19(24)26)8-10-29(21)25(30)23-14-18-12-16(6-7-22(18)32-23)20-5-3-4-9-28-20/h3-7,9,12-13,15,23,27H,2,8,10-11,14H2,1H3/t23-,33?/m1/s1. The Balaban J connectivity index is 1.40. The van der Waals surface area contributed by atoms with Gasteiger partial charge in [0.15, 0.2) is 6.10 Å². The molecule has 8 heteroatoms.